The number of carbonyl (C=O) groups is 1. The van der Waals surface area contributed by atoms with Crippen LogP contribution in [-0.4, -0.2) is 30.0 Å². The van der Waals surface area contributed by atoms with Crippen molar-refractivity contribution in [3.8, 4) is 11.5 Å². The minimum Gasteiger partial charge on any atom is -0.493 e. The summed E-state index contributed by atoms with van der Waals surface area (Å²) in [7, 11) is 1.52. The lowest BCUT2D eigenvalue weighted by atomic mass is 9.96. The third-order valence-electron chi connectivity index (χ3n) is 6.84. The molecule has 1 aliphatic rings. The number of hydrogen-bond donors (Lipinski definition) is 0. The first-order chi connectivity index (χ1) is 20.7. The van der Waals surface area contributed by atoms with Crippen molar-refractivity contribution in [3.05, 3.63) is 120 Å². The largest absolute Gasteiger partial charge is 0.493 e. The van der Waals surface area contributed by atoms with E-state index in [2.05, 4.69) is 4.99 Å². The van der Waals surface area contributed by atoms with Crippen molar-refractivity contribution in [1.29, 1.82) is 0 Å². The molecule has 1 aliphatic heterocycles. The Hall–Kier alpha value is -4.15. The van der Waals surface area contributed by atoms with Crippen molar-refractivity contribution in [2.45, 2.75) is 44.4 Å². The van der Waals surface area contributed by atoms with Crippen molar-refractivity contribution in [1.82, 2.24) is 4.57 Å². The van der Waals surface area contributed by atoms with Gasteiger partial charge in [0, 0.05) is 10.5 Å². The van der Waals surface area contributed by atoms with Crippen LogP contribution < -0.4 is 24.4 Å². The molecule has 3 aromatic carbocycles. The number of esters is 1. The molecule has 10 heteroatoms. The van der Waals surface area contributed by atoms with Crippen LogP contribution >= 0.6 is 23.1 Å². The lowest BCUT2D eigenvalue weighted by Crippen LogP contribution is -2.40. The molecule has 2 heterocycles. The van der Waals surface area contributed by atoms with Crippen LogP contribution in [0, 0.1) is 5.82 Å². The van der Waals surface area contributed by atoms with E-state index in [0.29, 0.717) is 43.2 Å². The number of thioether (sulfide) groups is 1. The molecule has 0 spiro atoms. The Bertz CT molecular complexity index is 1880. The Morgan fingerprint density at radius 1 is 1.12 bits per heavy atom. The maximum Gasteiger partial charge on any atom is 0.338 e. The molecule has 0 saturated carbocycles. The molecule has 43 heavy (non-hydrogen) atoms. The highest BCUT2D eigenvalue weighted by Crippen LogP contribution is 2.32. The van der Waals surface area contributed by atoms with Crippen LogP contribution in [0.2, 0.25) is 0 Å². The molecule has 0 unspecified atom stereocenters. The van der Waals surface area contributed by atoms with Gasteiger partial charge in [-0.15, -0.1) is 11.8 Å². The van der Waals surface area contributed by atoms with Crippen LogP contribution in [-0.2, 0) is 16.1 Å². The molecule has 7 nitrogen and oxygen atoms in total. The predicted molar refractivity (Wildman–Crippen MR) is 167 cm³/mol. The Kier molecular flexibility index (Phi) is 9.17. The van der Waals surface area contributed by atoms with E-state index in [9.17, 15) is 14.0 Å². The number of carbonyl (C=O) groups excluding carboxylic acids is 1. The number of rotatable bonds is 9. The van der Waals surface area contributed by atoms with E-state index in [1.165, 1.54) is 24.5 Å². The fourth-order valence-electron chi connectivity index (χ4n) is 4.78. The van der Waals surface area contributed by atoms with Crippen molar-refractivity contribution in [2.24, 2.45) is 4.99 Å². The first-order valence-corrected chi connectivity index (χ1v) is 15.7. The molecule has 0 aliphatic carbocycles. The average molecular weight is 619 g/mol. The highest BCUT2D eigenvalue weighted by molar-refractivity contribution is 7.98. The van der Waals surface area contributed by atoms with Crippen molar-refractivity contribution >= 4 is 35.1 Å². The number of halogens is 1. The molecule has 1 atom stereocenters. The summed E-state index contributed by atoms with van der Waals surface area (Å²) < 4.78 is 33.0. The van der Waals surface area contributed by atoms with Crippen molar-refractivity contribution < 1.29 is 23.4 Å². The molecule has 0 fully saturated rings. The standard InChI is InChI=1S/C33H31FN2O5S2/c1-19(2)41-32(38)29-20(3)35-33-36(30(29)22-11-13-24(42-5)14-12-22)31(37)28(43-33)17-21-10-15-26(27(16-21)39-4)40-18-23-8-6-7-9-25(23)34/h6-17,19,30H,18H2,1-5H3/b28-17-/t30-/m1/s1. The summed E-state index contributed by atoms with van der Waals surface area (Å²) in [5, 5.41) is 0. The highest BCUT2D eigenvalue weighted by Gasteiger charge is 2.33. The maximum atomic E-state index is 14.1. The van der Waals surface area contributed by atoms with E-state index in [1.807, 2.05) is 30.5 Å². The summed E-state index contributed by atoms with van der Waals surface area (Å²) in [5.74, 6) is 0.0455. The second kappa shape index (κ2) is 13.0. The highest BCUT2D eigenvalue weighted by atomic mass is 32.2. The Morgan fingerprint density at radius 2 is 1.86 bits per heavy atom. The van der Waals surface area contributed by atoms with Gasteiger partial charge in [0.2, 0.25) is 0 Å². The molecule has 0 amide bonds. The summed E-state index contributed by atoms with van der Waals surface area (Å²) in [5.41, 5.74) is 2.49. The third kappa shape index (κ3) is 6.45. The smallest absolute Gasteiger partial charge is 0.338 e. The van der Waals surface area contributed by atoms with Gasteiger partial charge in [0.1, 0.15) is 12.4 Å². The number of nitrogens with zero attached hydrogens (tertiary/aromatic N) is 2. The van der Waals surface area contributed by atoms with Crippen LogP contribution in [0.15, 0.2) is 92.7 Å². The van der Waals surface area contributed by atoms with Gasteiger partial charge in [-0.25, -0.2) is 14.2 Å². The topological polar surface area (TPSA) is 79.1 Å². The SMILES string of the molecule is COc1cc(/C=c2\sc3n(c2=O)[C@H](c2ccc(SC)cc2)C(C(=O)OC(C)C)=C(C)N=3)ccc1OCc1ccccc1F. The number of ether oxygens (including phenoxy) is 3. The lowest BCUT2D eigenvalue weighted by Gasteiger charge is -2.25. The van der Waals surface area contributed by atoms with E-state index < -0.39 is 12.0 Å². The fourth-order valence-corrected chi connectivity index (χ4v) is 6.23. The van der Waals surface area contributed by atoms with Crippen LogP contribution in [0.1, 0.15) is 43.5 Å². The lowest BCUT2D eigenvalue weighted by molar-refractivity contribution is -0.143. The van der Waals surface area contributed by atoms with Crippen LogP contribution in [0.4, 0.5) is 4.39 Å². The van der Waals surface area contributed by atoms with Gasteiger partial charge in [-0.1, -0.05) is 47.7 Å². The zero-order valence-corrected chi connectivity index (χ0v) is 26.1. The Balaban J connectivity index is 1.55. The van der Waals surface area contributed by atoms with Gasteiger partial charge >= 0.3 is 5.97 Å². The second-order valence-corrected chi connectivity index (χ2v) is 12.0. The summed E-state index contributed by atoms with van der Waals surface area (Å²) >= 11 is 2.86. The van der Waals surface area contributed by atoms with E-state index in [4.69, 9.17) is 14.2 Å². The van der Waals surface area contributed by atoms with Crippen LogP contribution in [0.25, 0.3) is 6.08 Å². The minimum absolute atomic E-state index is 0.0415. The number of aromatic nitrogens is 1. The van der Waals surface area contributed by atoms with Gasteiger partial charge in [0.25, 0.3) is 5.56 Å². The molecule has 4 aromatic rings. The van der Waals surface area contributed by atoms with Gasteiger partial charge in [0.15, 0.2) is 16.3 Å². The van der Waals surface area contributed by atoms with Gasteiger partial charge in [-0.2, -0.15) is 0 Å². The van der Waals surface area contributed by atoms with Crippen molar-refractivity contribution in [3.63, 3.8) is 0 Å². The summed E-state index contributed by atoms with van der Waals surface area (Å²) in [6.07, 6.45) is 3.42. The molecular formula is C33H31FN2O5S2. The Morgan fingerprint density at radius 3 is 2.53 bits per heavy atom. The number of fused-ring (bicyclic) bond motifs is 1. The summed E-state index contributed by atoms with van der Waals surface area (Å²) in [4.78, 5) is 33.5. The third-order valence-corrected chi connectivity index (χ3v) is 8.57. The molecule has 0 bridgehead atoms. The van der Waals surface area contributed by atoms with Gasteiger partial charge in [0.05, 0.1) is 35.1 Å². The number of thiazole rings is 1. The van der Waals surface area contributed by atoms with Gasteiger partial charge in [-0.05, 0) is 74.6 Å². The maximum absolute atomic E-state index is 14.1. The van der Waals surface area contributed by atoms with Crippen molar-refractivity contribution in [2.75, 3.05) is 13.4 Å². The number of allylic oxidation sites excluding steroid dienone is 1. The number of hydrogen-bond acceptors (Lipinski definition) is 8. The Labute approximate surface area is 257 Å². The molecule has 222 valence electrons. The molecule has 5 rings (SSSR count). The first-order valence-electron chi connectivity index (χ1n) is 13.6. The van der Waals surface area contributed by atoms with E-state index >= 15 is 0 Å². The van der Waals surface area contributed by atoms with E-state index in [0.717, 1.165) is 10.5 Å². The molecule has 0 saturated heterocycles. The molecular weight excluding hydrogens is 588 g/mol. The van der Waals surface area contributed by atoms with Gasteiger partial charge in [-0.3, -0.25) is 9.36 Å². The fraction of sp³-hybridized carbons (Fsp3) is 0.242. The predicted octanol–water partition coefficient (Wildman–Crippen LogP) is 5.64. The zero-order chi connectivity index (χ0) is 30.7. The molecule has 0 radical (unpaired) electrons. The van der Waals surface area contributed by atoms with E-state index in [-0.39, 0.29) is 24.1 Å². The van der Waals surface area contributed by atoms with Crippen LogP contribution in [0.3, 0.4) is 0 Å². The quantitative estimate of drug-likeness (QED) is 0.179. The second-order valence-electron chi connectivity index (χ2n) is 10.1. The van der Waals surface area contributed by atoms with E-state index in [1.54, 1.807) is 79.6 Å². The monoisotopic (exact) mass is 618 g/mol. The number of methoxy groups -OCH3 is 1. The average Bonchev–Trinajstić information content (AvgIpc) is 3.29. The van der Waals surface area contributed by atoms with Crippen LogP contribution in [0.5, 0.6) is 11.5 Å². The minimum atomic E-state index is -0.691. The number of benzene rings is 3. The molecule has 0 N–H and O–H groups in total. The summed E-state index contributed by atoms with van der Waals surface area (Å²) in [6.45, 7) is 5.38. The first kappa shape index (κ1) is 30.3. The van der Waals surface area contributed by atoms with Gasteiger partial charge < -0.3 is 14.2 Å². The molecule has 1 aromatic heterocycles. The normalized spacial score (nSPS) is 14.9. The summed E-state index contributed by atoms with van der Waals surface area (Å²) in [6, 6.07) is 18.8. The zero-order valence-electron chi connectivity index (χ0n) is 24.4.